The zero-order chi connectivity index (χ0) is 15.9. The van der Waals surface area contributed by atoms with Crippen molar-refractivity contribution in [1.82, 2.24) is 15.0 Å². The maximum atomic E-state index is 4.99. The summed E-state index contributed by atoms with van der Waals surface area (Å²) in [6, 6.07) is 10.8. The topological polar surface area (TPSA) is 38.7 Å². The van der Waals surface area contributed by atoms with E-state index in [1.807, 2.05) is 0 Å². The smallest absolute Gasteiger partial charge is 0.0892 e. The molecule has 2 aliphatic rings. The predicted molar refractivity (Wildman–Crippen MR) is 97.9 cm³/mol. The van der Waals surface area contributed by atoms with Gasteiger partial charge >= 0.3 is 0 Å². The molecule has 0 N–H and O–H groups in total. The van der Waals surface area contributed by atoms with Crippen LogP contribution in [-0.4, -0.2) is 15.0 Å². The average molecular weight is 315 g/mol. The van der Waals surface area contributed by atoms with Crippen molar-refractivity contribution in [3.05, 3.63) is 71.3 Å². The summed E-state index contributed by atoms with van der Waals surface area (Å²) in [5, 5.41) is 0. The monoisotopic (exact) mass is 315 g/mol. The third-order valence-electron chi connectivity index (χ3n) is 5.34. The van der Waals surface area contributed by atoms with E-state index in [1.165, 1.54) is 53.8 Å². The van der Waals surface area contributed by atoms with Crippen LogP contribution in [0.3, 0.4) is 0 Å². The highest BCUT2D eigenvalue weighted by atomic mass is 14.8. The van der Waals surface area contributed by atoms with Crippen molar-refractivity contribution in [2.75, 3.05) is 0 Å². The zero-order valence-electron chi connectivity index (χ0n) is 13.6. The van der Waals surface area contributed by atoms with E-state index in [2.05, 4.69) is 46.4 Å². The highest BCUT2D eigenvalue weighted by Crippen LogP contribution is 2.37. The molecule has 3 aromatic rings. The van der Waals surface area contributed by atoms with Crippen molar-refractivity contribution >= 4 is 16.6 Å². The number of hydrogen-bond donors (Lipinski definition) is 0. The second kappa shape index (κ2) is 5.52. The molecule has 2 heterocycles. The molecular weight excluding hydrogens is 294 g/mol. The molecule has 0 bridgehead atoms. The SMILES string of the molecule is C1=C(c2ccc3nccnc3c2)c2ccc(C3CCCC3)nc2C1.[HH]. The fraction of sp³-hybridized carbons (Fsp3) is 0.286. The highest BCUT2D eigenvalue weighted by molar-refractivity contribution is 5.88. The number of nitrogens with zero attached hydrogens (tertiary/aromatic N) is 3. The van der Waals surface area contributed by atoms with Crippen molar-refractivity contribution in [3.8, 4) is 0 Å². The van der Waals surface area contributed by atoms with E-state index in [0.717, 1.165) is 17.5 Å². The minimum atomic E-state index is 0. The van der Waals surface area contributed by atoms with Crippen molar-refractivity contribution in [2.24, 2.45) is 0 Å². The second-order valence-corrected chi connectivity index (χ2v) is 6.79. The number of pyridine rings is 1. The lowest BCUT2D eigenvalue weighted by Gasteiger charge is -2.12. The lowest BCUT2D eigenvalue weighted by molar-refractivity contribution is 0.693. The molecule has 3 nitrogen and oxygen atoms in total. The molecule has 2 aromatic heterocycles. The van der Waals surface area contributed by atoms with Gasteiger partial charge in [-0.2, -0.15) is 0 Å². The van der Waals surface area contributed by atoms with Crippen LogP contribution in [0.2, 0.25) is 0 Å². The summed E-state index contributed by atoms with van der Waals surface area (Å²) < 4.78 is 0. The molecule has 3 heteroatoms. The van der Waals surface area contributed by atoms with Gasteiger partial charge in [-0.05, 0) is 42.2 Å². The summed E-state index contributed by atoms with van der Waals surface area (Å²) in [6.07, 6.45) is 12.0. The summed E-state index contributed by atoms with van der Waals surface area (Å²) in [5.74, 6) is 0.676. The number of hydrogen-bond acceptors (Lipinski definition) is 3. The number of fused-ring (bicyclic) bond motifs is 2. The largest absolute Gasteiger partial charge is 0.257 e. The molecular formula is C21H21N3. The number of benzene rings is 1. The van der Waals surface area contributed by atoms with Crippen molar-refractivity contribution in [1.29, 1.82) is 0 Å². The van der Waals surface area contributed by atoms with Crippen molar-refractivity contribution in [3.63, 3.8) is 0 Å². The Labute approximate surface area is 143 Å². The van der Waals surface area contributed by atoms with Gasteiger partial charge in [0.25, 0.3) is 0 Å². The van der Waals surface area contributed by atoms with E-state index in [-0.39, 0.29) is 1.43 Å². The number of aromatic nitrogens is 3. The first-order valence-electron chi connectivity index (χ1n) is 8.80. The van der Waals surface area contributed by atoms with Crippen LogP contribution < -0.4 is 0 Å². The molecule has 1 saturated carbocycles. The van der Waals surface area contributed by atoms with E-state index >= 15 is 0 Å². The first kappa shape index (κ1) is 13.8. The summed E-state index contributed by atoms with van der Waals surface area (Å²) in [5.41, 5.74) is 8.17. The molecule has 0 amide bonds. The third-order valence-corrected chi connectivity index (χ3v) is 5.34. The molecule has 2 aliphatic carbocycles. The first-order chi connectivity index (χ1) is 11.9. The maximum Gasteiger partial charge on any atom is 0.0892 e. The summed E-state index contributed by atoms with van der Waals surface area (Å²) >= 11 is 0. The Morgan fingerprint density at radius 3 is 2.62 bits per heavy atom. The van der Waals surface area contributed by atoms with Crippen LogP contribution in [0, 0.1) is 0 Å². The molecule has 0 aliphatic heterocycles. The third kappa shape index (κ3) is 2.23. The van der Waals surface area contributed by atoms with Gasteiger partial charge < -0.3 is 0 Å². The Morgan fingerprint density at radius 2 is 1.75 bits per heavy atom. The Kier molecular flexibility index (Phi) is 3.18. The van der Waals surface area contributed by atoms with Gasteiger partial charge in [0.2, 0.25) is 0 Å². The fourth-order valence-corrected chi connectivity index (χ4v) is 4.08. The second-order valence-electron chi connectivity index (χ2n) is 6.79. The van der Waals surface area contributed by atoms with Gasteiger partial charge in [0.15, 0.2) is 0 Å². The normalized spacial score (nSPS) is 17.2. The van der Waals surface area contributed by atoms with E-state index in [4.69, 9.17) is 4.98 Å². The molecule has 1 aromatic carbocycles. The van der Waals surface area contributed by atoms with Crippen LogP contribution in [0.4, 0.5) is 0 Å². The van der Waals surface area contributed by atoms with Crippen molar-refractivity contribution < 1.29 is 1.43 Å². The Bertz CT molecular complexity index is 958. The lowest BCUT2D eigenvalue weighted by atomic mass is 9.98. The predicted octanol–water partition coefficient (Wildman–Crippen LogP) is 4.92. The molecule has 5 rings (SSSR count). The molecule has 0 spiro atoms. The van der Waals surface area contributed by atoms with Gasteiger partial charge in [-0.3, -0.25) is 15.0 Å². The first-order valence-corrected chi connectivity index (χ1v) is 8.80. The van der Waals surface area contributed by atoms with Gasteiger partial charge in [-0.25, -0.2) is 0 Å². The number of allylic oxidation sites excluding steroid dienone is 1. The molecule has 24 heavy (non-hydrogen) atoms. The van der Waals surface area contributed by atoms with Gasteiger partial charge in [0.1, 0.15) is 0 Å². The molecule has 0 saturated heterocycles. The Hall–Kier alpha value is -2.55. The van der Waals surface area contributed by atoms with Crippen LogP contribution >= 0.6 is 0 Å². The van der Waals surface area contributed by atoms with Crippen LogP contribution in [0.5, 0.6) is 0 Å². The van der Waals surface area contributed by atoms with Crippen molar-refractivity contribution in [2.45, 2.75) is 38.0 Å². The maximum absolute atomic E-state index is 4.99. The van der Waals surface area contributed by atoms with Gasteiger partial charge in [-0.1, -0.05) is 31.1 Å². The van der Waals surface area contributed by atoms with E-state index in [9.17, 15) is 0 Å². The minimum Gasteiger partial charge on any atom is -0.257 e. The van der Waals surface area contributed by atoms with E-state index in [0.29, 0.717) is 5.92 Å². The molecule has 0 unspecified atom stereocenters. The fourth-order valence-electron chi connectivity index (χ4n) is 4.08. The average Bonchev–Trinajstić information content (AvgIpc) is 3.30. The molecule has 120 valence electrons. The van der Waals surface area contributed by atoms with Gasteiger partial charge in [0, 0.05) is 37.4 Å². The highest BCUT2D eigenvalue weighted by Gasteiger charge is 2.22. The van der Waals surface area contributed by atoms with Crippen LogP contribution in [0.1, 0.15) is 55.5 Å². The molecule has 1 fully saturated rings. The van der Waals surface area contributed by atoms with Gasteiger partial charge in [0.05, 0.1) is 16.7 Å². The van der Waals surface area contributed by atoms with E-state index in [1.54, 1.807) is 12.4 Å². The molecule has 0 radical (unpaired) electrons. The Morgan fingerprint density at radius 1 is 0.917 bits per heavy atom. The number of rotatable bonds is 2. The summed E-state index contributed by atoms with van der Waals surface area (Å²) in [7, 11) is 0. The quantitative estimate of drug-likeness (QED) is 0.674. The van der Waals surface area contributed by atoms with Crippen LogP contribution in [-0.2, 0) is 6.42 Å². The zero-order valence-corrected chi connectivity index (χ0v) is 13.6. The minimum absolute atomic E-state index is 0. The van der Waals surface area contributed by atoms with Crippen LogP contribution in [0.15, 0.2) is 48.8 Å². The lowest BCUT2D eigenvalue weighted by Crippen LogP contribution is -2.00. The summed E-state index contributed by atoms with van der Waals surface area (Å²) in [4.78, 5) is 13.8. The standard InChI is InChI=1S/C21H19N3.H2/c1-2-4-14(3-1)18-9-7-17-16(6-10-19(17)24-18)15-5-8-20-21(13-15)23-12-11-22-20;/h5-9,11-14H,1-4,10H2;1H. The summed E-state index contributed by atoms with van der Waals surface area (Å²) in [6.45, 7) is 0. The van der Waals surface area contributed by atoms with Crippen LogP contribution in [0.25, 0.3) is 16.6 Å². The van der Waals surface area contributed by atoms with E-state index < -0.39 is 0 Å². The van der Waals surface area contributed by atoms with Gasteiger partial charge in [-0.15, -0.1) is 0 Å². The molecule has 0 atom stereocenters. The Balaban J connectivity index is 0.00000157.